The van der Waals surface area contributed by atoms with Crippen molar-refractivity contribution in [2.24, 2.45) is 0 Å². The molecule has 1 atom stereocenters. The maximum absolute atomic E-state index is 11.6. The molecule has 0 saturated heterocycles. The van der Waals surface area contributed by atoms with Crippen LogP contribution in [-0.4, -0.2) is 35.2 Å². The molecule has 0 unspecified atom stereocenters. The van der Waals surface area contributed by atoms with Crippen molar-refractivity contribution in [2.45, 2.75) is 25.9 Å². The SMILES string of the molecule is CSCC[C@H](NC(=O)NCc1cscc1C)C(=O)O. The Balaban J connectivity index is 2.40. The molecule has 2 amide bonds. The Morgan fingerprint density at radius 1 is 1.47 bits per heavy atom. The molecule has 0 fully saturated rings. The summed E-state index contributed by atoms with van der Waals surface area (Å²) >= 11 is 3.13. The molecular formula is C12H18N2O3S2. The van der Waals surface area contributed by atoms with Crippen molar-refractivity contribution in [1.82, 2.24) is 10.6 Å². The second-order valence-electron chi connectivity index (χ2n) is 4.08. The lowest BCUT2D eigenvalue weighted by Crippen LogP contribution is -2.46. The number of thioether (sulfide) groups is 1. The van der Waals surface area contributed by atoms with Crippen LogP contribution in [-0.2, 0) is 11.3 Å². The molecule has 3 N–H and O–H groups in total. The van der Waals surface area contributed by atoms with Crippen LogP contribution in [0.15, 0.2) is 10.8 Å². The predicted molar refractivity (Wildman–Crippen MR) is 78.9 cm³/mol. The summed E-state index contributed by atoms with van der Waals surface area (Å²) in [6, 6.07) is -1.28. The van der Waals surface area contributed by atoms with Crippen LogP contribution in [0, 0.1) is 6.92 Å². The summed E-state index contributed by atoms with van der Waals surface area (Å²) in [5, 5.41) is 18.1. The highest BCUT2D eigenvalue weighted by Gasteiger charge is 2.19. The normalized spacial score (nSPS) is 11.9. The second kappa shape index (κ2) is 8.06. The van der Waals surface area contributed by atoms with Crippen molar-refractivity contribution in [3.63, 3.8) is 0 Å². The van der Waals surface area contributed by atoms with Crippen molar-refractivity contribution >= 4 is 35.1 Å². The maximum Gasteiger partial charge on any atom is 0.326 e. The van der Waals surface area contributed by atoms with Crippen LogP contribution in [0.4, 0.5) is 4.79 Å². The average molecular weight is 302 g/mol. The van der Waals surface area contributed by atoms with E-state index in [9.17, 15) is 9.59 Å². The minimum atomic E-state index is -1.00. The number of nitrogens with one attached hydrogen (secondary N) is 2. The van der Waals surface area contributed by atoms with Crippen molar-refractivity contribution in [1.29, 1.82) is 0 Å². The number of rotatable bonds is 7. The first-order chi connectivity index (χ1) is 9.04. The predicted octanol–water partition coefficient (Wildman–Crippen LogP) is 2.06. The Bertz CT molecular complexity index is 434. The Kier molecular flexibility index (Phi) is 6.72. The van der Waals surface area contributed by atoms with Gasteiger partial charge in [0.1, 0.15) is 6.04 Å². The Hall–Kier alpha value is -1.21. The van der Waals surface area contributed by atoms with Crippen LogP contribution in [0.25, 0.3) is 0 Å². The third kappa shape index (κ3) is 5.52. The minimum absolute atomic E-state index is 0.413. The molecule has 0 aromatic carbocycles. The van der Waals surface area contributed by atoms with Gasteiger partial charge in [-0.1, -0.05) is 0 Å². The van der Waals surface area contributed by atoms with E-state index in [1.165, 1.54) is 0 Å². The van der Waals surface area contributed by atoms with Crippen molar-refractivity contribution in [3.05, 3.63) is 21.9 Å². The second-order valence-corrected chi connectivity index (χ2v) is 5.81. The van der Waals surface area contributed by atoms with E-state index in [1.54, 1.807) is 23.1 Å². The van der Waals surface area contributed by atoms with Gasteiger partial charge in [0.2, 0.25) is 0 Å². The summed E-state index contributed by atoms with van der Waals surface area (Å²) in [5.41, 5.74) is 2.18. The number of hydrogen-bond acceptors (Lipinski definition) is 4. The first-order valence-electron chi connectivity index (χ1n) is 5.82. The minimum Gasteiger partial charge on any atom is -0.480 e. The van der Waals surface area contributed by atoms with Gasteiger partial charge in [0, 0.05) is 6.54 Å². The highest BCUT2D eigenvalue weighted by Crippen LogP contribution is 2.12. The number of carbonyl (C=O) groups excluding carboxylic acids is 1. The largest absolute Gasteiger partial charge is 0.480 e. The maximum atomic E-state index is 11.6. The first-order valence-corrected chi connectivity index (χ1v) is 8.16. The quantitative estimate of drug-likeness (QED) is 0.720. The van der Waals surface area contributed by atoms with Crippen LogP contribution in [0.1, 0.15) is 17.5 Å². The molecule has 1 heterocycles. The summed E-state index contributed by atoms with van der Waals surface area (Å²) in [6.45, 7) is 2.39. The fourth-order valence-electron chi connectivity index (χ4n) is 1.45. The molecule has 1 rings (SSSR count). The summed E-state index contributed by atoms with van der Waals surface area (Å²) < 4.78 is 0. The highest BCUT2D eigenvalue weighted by molar-refractivity contribution is 7.98. The number of urea groups is 1. The zero-order valence-corrected chi connectivity index (χ0v) is 12.6. The van der Waals surface area contributed by atoms with Gasteiger partial charge < -0.3 is 15.7 Å². The summed E-state index contributed by atoms with van der Waals surface area (Å²) in [6.07, 6.45) is 2.32. The van der Waals surface area contributed by atoms with Gasteiger partial charge in [0.05, 0.1) is 0 Å². The Morgan fingerprint density at radius 3 is 2.74 bits per heavy atom. The van der Waals surface area contributed by atoms with E-state index in [1.807, 2.05) is 23.9 Å². The third-order valence-corrected chi connectivity index (χ3v) is 4.17. The van der Waals surface area contributed by atoms with Gasteiger partial charge in [-0.2, -0.15) is 23.1 Å². The summed E-state index contributed by atoms with van der Waals surface area (Å²) in [5.74, 6) is -0.308. The Morgan fingerprint density at radius 2 is 2.21 bits per heavy atom. The van der Waals surface area contributed by atoms with Crippen molar-refractivity contribution < 1.29 is 14.7 Å². The lowest BCUT2D eigenvalue weighted by atomic mass is 10.2. The van der Waals surface area contributed by atoms with E-state index in [2.05, 4.69) is 10.6 Å². The molecule has 0 saturated carbocycles. The molecule has 1 aromatic rings. The number of hydrogen-bond donors (Lipinski definition) is 3. The lowest BCUT2D eigenvalue weighted by Gasteiger charge is -2.14. The van der Waals surface area contributed by atoms with Gasteiger partial charge >= 0.3 is 12.0 Å². The molecule has 0 bridgehead atoms. The zero-order chi connectivity index (χ0) is 14.3. The number of carboxylic acids is 1. The van der Waals surface area contributed by atoms with Crippen LogP contribution in [0.3, 0.4) is 0 Å². The van der Waals surface area contributed by atoms with Gasteiger partial charge in [0.25, 0.3) is 0 Å². The van der Waals surface area contributed by atoms with E-state index >= 15 is 0 Å². The lowest BCUT2D eigenvalue weighted by molar-refractivity contribution is -0.139. The molecule has 0 aliphatic carbocycles. The third-order valence-electron chi connectivity index (χ3n) is 2.62. The number of thiophene rings is 1. The van der Waals surface area contributed by atoms with Gasteiger partial charge in [-0.15, -0.1) is 0 Å². The number of carbonyl (C=O) groups is 2. The fraction of sp³-hybridized carbons (Fsp3) is 0.500. The summed E-state index contributed by atoms with van der Waals surface area (Å²) in [7, 11) is 0. The van der Waals surface area contributed by atoms with Crippen LogP contribution in [0.2, 0.25) is 0 Å². The molecule has 106 valence electrons. The van der Waals surface area contributed by atoms with E-state index in [0.717, 1.165) is 11.1 Å². The zero-order valence-electron chi connectivity index (χ0n) is 10.9. The number of amides is 2. The molecule has 7 heteroatoms. The van der Waals surface area contributed by atoms with Crippen LogP contribution in [0.5, 0.6) is 0 Å². The standard InChI is InChI=1S/C12H18N2O3S2/c1-8-6-19-7-9(8)5-13-12(17)14-10(11(15)16)3-4-18-2/h6-7,10H,3-5H2,1-2H3,(H,15,16)(H2,13,14,17)/t10-/m0/s1. The molecule has 19 heavy (non-hydrogen) atoms. The van der Waals surface area contributed by atoms with Crippen LogP contribution >= 0.6 is 23.1 Å². The van der Waals surface area contributed by atoms with Gasteiger partial charge in [-0.05, 0) is 47.2 Å². The molecule has 5 nitrogen and oxygen atoms in total. The van der Waals surface area contributed by atoms with E-state index in [0.29, 0.717) is 18.7 Å². The topological polar surface area (TPSA) is 78.4 Å². The van der Waals surface area contributed by atoms with Crippen molar-refractivity contribution in [3.8, 4) is 0 Å². The first kappa shape index (κ1) is 15.8. The fourth-order valence-corrected chi connectivity index (χ4v) is 2.77. The van der Waals surface area contributed by atoms with E-state index in [4.69, 9.17) is 5.11 Å². The molecule has 0 aliphatic rings. The van der Waals surface area contributed by atoms with E-state index < -0.39 is 18.0 Å². The van der Waals surface area contributed by atoms with E-state index in [-0.39, 0.29) is 0 Å². The molecule has 1 aromatic heterocycles. The number of aliphatic carboxylic acids is 1. The number of carboxylic acid groups (broad SMARTS) is 1. The van der Waals surface area contributed by atoms with Gasteiger partial charge in [-0.25, -0.2) is 9.59 Å². The highest BCUT2D eigenvalue weighted by atomic mass is 32.2. The van der Waals surface area contributed by atoms with Crippen LogP contribution < -0.4 is 10.6 Å². The molecule has 0 radical (unpaired) electrons. The molecule has 0 aliphatic heterocycles. The molecular weight excluding hydrogens is 284 g/mol. The molecule has 0 spiro atoms. The van der Waals surface area contributed by atoms with Gasteiger partial charge in [-0.3, -0.25) is 0 Å². The smallest absolute Gasteiger partial charge is 0.326 e. The summed E-state index contributed by atoms with van der Waals surface area (Å²) in [4.78, 5) is 22.6. The van der Waals surface area contributed by atoms with Crippen molar-refractivity contribution in [2.75, 3.05) is 12.0 Å². The average Bonchev–Trinajstić information content (AvgIpc) is 2.77. The number of aryl methyl sites for hydroxylation is 1. The monoisotopic (exact) mass is 302 g/mol. The van der Waals surface area contributed by atoms with Gasteiger partial charge in [0.15, 0.2) is 0 Å². The Labute approximate surface area is 120 Å².